The smallest absolute Gasteiger partial charge is 0.229 e. The second-order valence-electron chi connectivity index (χ2n) is 8.34. The quantitative estimate of drug-likeness (QED) is 0.771. The third-order valence-electron chi connectivity index (χ3n) is 5.05. The fourth-order valence-corrected chi connectivity index (χ4v) is 4.15. The summed E-state index contributed by atoms with van der Waals surface area (Å²) in [5.74, 6) is 0.767. The Labute approximate surface area is 176 Å². The third kappa shape index (κ3) is 6.03. The number of aromatic nitrogens is 1. The average Bonchev–Trinajstić information content (AvgIpc) is 3.18. The predicted octanol–water partition coefficient (Wildman–Crippen LogP) is 4.09. The van der Waals surface area contributed by atoms with Crippen LogP contribution in [0.4, 0.5) is 5.13 Å². The van der Waals surface area contributed by atoms with Crippen LogP contribution in [0.1, 0.15) is 45.7 Å². The summed E-state index contributed by atoms with van der Waals surface area (Å²) in [5.41, 5.74) is 0.950. The number of piperidine rings is 1. The zero-order chi connectivity index (χ0) is 20.9. The molecular formula is C22H29N3O3S. The molecule has 1 fully saturated rings. The van der Waals surface area contributed by atoms with Crippen molar-refractivity contribution in [1.29, 1.82) is 0 Å². The van der Waals surface area contributed by atoms with Gasteiger partial charge in [0.15, 0.2) is 5.13 Å². The lowest BCUT2D eigenvalue weighted by Gasteiger charge is -2.31. The fraction of sp³-hybridized carbons (Fsp3) is 0.500. The van der Waals surface area contributed by atoms with E-state index < -0.39 is 0 Å². The molecule has 0 aliphatic carbocycles. The number of anilines is 1. The fourth-order valence-electron chi connectivity index (χ4n) is 3.21. The average molecular weight is 416 g/mol. The molecule has 0 atom stereocenters. The van der Waals surface area contributed by atoms with Crippen molar-refractivity contribution in [2.24, 2.45) is 5.92 Å². The second-order valence-corrected chi connectivity index (χ2v) is 9.20. The summed E-state index contributed by atoms with van der Waals surface area (Å²) in [7, 11) is 0. The van der Waals surface area contributed by atoms with Crippen LogP contribution in [-0.2, 0) is 15.0 Å². The number of benzene rings is 1. The van der Waals surface area contributed by atoms with Gasteiger partial charge in [0.1, 0.15) is 5.75 Å². The molecule has 0 radical (unpaired) electrons. The number of ether oxygens (including phenoxy) is 1. The molecule has 1 N–H and O–H groups in total. The van der Waals surface area contributed by atoms with E-state index in [4.69, 9.17) is 4.74 Å². The van der Waals surface area contributed by atoms with Gasteiger partial charge in [0, 0.05) is 29.8 Å². The second kappa shape index (κ2) is 9.39. The SMILES string of the molecule is CC(C)(C)c1csc(NC(=O)C2CCN(C(=O)CCOc3ccccc3)CC2)n1. The molecule has 1 aliphatic rings. The van der Waals surface area contributed by atoms with E-state index in [9.17, 15) is 9.59 Å². The van der Waals surface area contributed by atoms with Crippen LogP contribution in [0.3, 0.4) is 0 Å². The van der Waals surface area contributed by atoms with Gasteiger partial charge in [-0.2, -0.15) is 0 Å². The Bertz CT molecular complexity index is 821. The van der Waals surface area contributed by atoms with Gasteiger partial charge in [-0.25, -0.2) is 4.98 Å². The van der Waals surface area contributed by atoms with Crippen molar-refractivity contribution in [2.75, 3.05) is 25.0 Å². The number of nitrogens with zero attached hydrogens (tertiary/aromatic N) is 2. The summed E-state index contributed by atoms with van der Waals surface area (Å²) in [6, 6.07) is 9.49. The van der Waals surface area contributed by atoms with E-state index in [0.717, 1.165) is 11.4 Å². The van der Waals surface area contributed by atoms with E-state index in [0.29, 0.717) is 44.1 Å². The molecule has 0 spiro atoms. The lowest BCUT2D eigenvalue weighted by Crippen LogP contribution is -2.41. The minimum atomic E-state index is -0.0818. The maximum Gasteiger partial charge on any atom is 0.229 e. The first-order valence-electron chi connectivity index (χ1n) is 10.1. The van der Waals surface area contributed by atoms with Gasteiger partial charge < -0.3 is 15.0 Å². The molecule has 0 saturated carbocycles. The molecule has 156 valence electrons. The van der Waals surface area contributed by atoms with Crippen LogP contribution in [0.15, 0.2) is 35.7 Å². The van der Waals surface area contributed by atoms with Gasteiger partial charge in [-0.3, -0.25) is 9.59 Å². The van der Waals surface area contributed by atoms with Crippen molar-refractivity contribution in [3.8, 4) is 5.75 Å². The van der Waals surface area contributed by atoms with E-state index in [-0.39, 0.29) is 23.1 Å². The Morgan fingerprint density at radius 1 is 1.21 bits per heavy atom. The molecule has 0 unspecified atom stereocenters. The lowest BCUT2D eigenvalue weighted by atomic mass is 9.93. The lowest BCUT2D eigenvalue weighted by molar-refractivity contribution is -0.135. The highest BCUT2D eigenvalue weighted by Gasteiger charge is 2.28. The van der Waals surface area contributed by atoms with Crippen molar-refractivity contribution >= 4 is 28.3 Å². The maximum atomic E-state index is 12.6. The summed E-state index contributed by atoms with van der Waals surface area (Å²) in [5, 5.41) is 5.59. The molecule has 29 heavy (non-hydrogen) atoms. The number of carbonyl (C=O) groups is 2. The highest BCUT2D eigenvalue weighted by molar-refractivity contribution is 7.13. The summed E-state index contributed by atoms with van der Waals surface area (Å²) < 4.78 is 5.60. The molecule has 2 amide bonds. The first kappa shape index (κ1) is 21.3. The molecule has 3 rings (SSSR count). The molecule has 2 heterocycles. The van der Waals surface area contributed by atoms with E-state index >= 15 is 0 Å². The van der Waals surface area contributed by atoms with Crippen molar-refractivity contribution in [3.63, 3.8) is 0 Å². The summed E-state index contributed by atoms with van der Waals surface area (Å²) in [4.78, 5) is 31.3. The van der Waals surface area contributed by atoms with Gasteiger partial charge in [-0.1, -0.05) is 39.0 Å². The number of hydrogen-bond acceptors (Lipinski definition) is 5. The minimum Gasteiger partial charge on any atom is -0.493 e. The van der Waals surface area contributed by atoms with Crippen LogP contribution < -0.4 is 10.1 Å². The van der Waals surface area contributed by atoms with Crippen molar-refractivity contribution in [1.82, 2.24) is 9.88 Å². The molecule has 7 heteroatoms. The van der Waals surface area contributed by atoms with Crippen LogP contribution in [0.2, 0.25) is 0 Å². The number of thiazole rings is 1. The van der Waals surface area contributed by atoms with Crippen LogP contribution >= 0.6 is 11.3 Å². The van der Waals surface area contributed by atoms with E-state index in [2.05, 4.69) is 31.1 Å². The number of rotatable bonds is 6. The van der Waals surface area contributed by atoms with E-state index in [1.807, 2.05) is 40.6 Å². The number of carbonyl (C=O) groups excluding carboxylic acids is 2. The number of nitrogens with one attached hydrogen (secondary N) is 1. The van der Waals surface area contributed by atoms with Gasteiger partial charge in [-0.15, -0.1) is 11.3 Å². The summed E-state index contributed by atoms with van der Waals surface area (Å²) in [6.07, 6.45) is 1.70. The standard InChI is InChI=1S/C22H29N3O3S/c1-22(2,3)18-15-29-21(23-18)24-20(27)16-9-12-25(13-10-16)19(26)11-14-28-17-7-5-4-6-8-17/h4-8,15-16H,9-14H2,1-3H3,(H,23,24,27). The first-order chi connectivity index (χ1) is 13.8. The van der Waals surface area contributed by atoms with Gasteiger partial charge in [-0.05, 0) is 25.0 Å². The molecule has 1 aliphatic heterocycles. The van der Waals surface area contributed by atoms with E-state index in [1.165, 1.54) is 11.3 Å². The first-order valence-corrected chi connectivity index (χ1v) is 10.9. The molecule has 2 aromatic rings. The van der Waals surface area contributed by atoms with Crippen LogP contribution in [-0.4, -0.2) is 41.4 Å². The van der Waals surface area contributed by atoms with Crippen LogP contribution in [0.25, 0.3) is 0 Å². The van der Waals surface area contributed by atoms with Crippen molar-refractivity contribution in [2.45, 2.75) is 45.4 Å². The van der Waals surface area contributed by atoms with Crippen molar-refractivity contribution < 1.29 is 14.3 Å². The minimum absolute atomic E-state index is 0.000630. The Morgan fingerprint density at radius 2 is 1.90 bits per heavy atom. The highest BCUT2D eigenvalue weighted by Crippen LogP contribution is 2.27. The zero-order valence-electron chi connectivity index (χ0n) is 17.3. The predicted molar refractivity (Wildman–Crippen MR) is 115 cm³/mol. The Kier molecular flexibility index (Phi) is 6.90. The van der Waals surface area contributed by atoms with Gasteiger partial charge in [0.05, 0.1) is 18.7 Å². The van der Waals surface area contributed by atoms with E-state index in [1.54, 1.807) is 0 Å². The largest absolute Gasteiger partial charge is 0.493 e. The summed E-state index contributed by atoms with van der Waals surface area (Å²) in [6.45, 7) is 7.88. The monoisotopic (exact) mass is 415 g/mol. The highest BCUT2D eigenvalue weighted by atomic mass is 32.1. The number of likely N-dealkylation sites (tertiary alicyclic amines) is 1. The molecule has 0 bridgehead atoms. The zero-order valence-corrected chi connectivity index (χ0v) is 18.1. The van der Waals surface area contributed by atoms with Crippen LogP contribution in [0, 0.1) is 5.92 Å². The van der Waals surface area contributed by atoms with Gasteiger partial charge >= 0.3 is 0 Å². The Balaban J connectivity index is 1.40. The topological polar surface area (TPSA) is 71.5 Å². The molecule has 1 saturated heterocycles. The molecule has 1 aromatic carbocycles. The van der Waals surface area contributed by atoms with Crippen LogP contribution in [0.5, 0.6) is 5.75 Å². The number of hydrogen-bond donors (Lipinski definition) is 1. The molecular weight excluding hydrogens is 386 g/mol. The third-order valence-corrected chi connectivity index (χ3v) is 5.81. The van der Waals surface area contributed by atoms with Crippen molar-refractivity contribution in [3.05, 3.63) is 41.4 Å². The Morgan fingerprint density at radius 3 is 2.52 bits per heavy atom. The Hall–Kier alpha value is -2.41. The molecule has 1 aromatic heterocycles. The summed E-state index contributed by atoms with van der Waals surface area (Å²) >= 11 is 1.46. The number of para-hydroxylation sites is 1. The number of amides is 2. The molecule has 6 nitrogen and oxygen atoms in total. The van der Waals surface area contributed by atoms with Gasteiger partial charge in [0.2, 0.25) is 11.8 Å². The normalized spacial score (nSPS) is 15.2. The maximum absolute atomic E-state index is 12.6. The van der Waals surface area contributed by atoms with Gasteiger partial charge in [0.25, 0.3) is 0 Å².